The summed E-state index contributed by atoms with van der Waals surface area (Å²) < 4.78 is 9.43. The maximum atomic E-state index is 10.8. The Kier molecular flexibility index (Phi) is 3.94. The first-order valence-electron chi connectivity index (χ1n) is 4.39. The summed E-state index contributed by atoms with van der Waals surface area (Å²) in [6, 6.07) is 6.77. The molecule has 0 heterocycles. The van der Waals surface area contributed by atoms with Gasteiger partial charge in [0.2, 0.25) is 0 Å². The van der Waals surface area contributed by atoms with E-state index in [0.717, 1.165) is 0 Å². The van der Waals surface area contributed by atoms with Gasteiger partial charge in [0.25, 0.3) is 0 Å². The zero-order valence-electron chi connectivity index (χ0n) is 8.90. The lowest BCUT2D eigenvalue weighted by Gasteiger charge is -2.02. The van der Waals surface area contributed by atoms with E-state index in [1.165, 1.54) is 14.2 Å². The van der Waals surface area contributed by atoms with Gasteiger partial charge in [-0.05, 0) is 18.2 Å². The summed E-state index contributed by atoms with van der Waals surface area (Å²) in [5, 5.41) is 8.72. The Morgan fingerprint density at radius 1 is 1.38 bits per heavy atom. The molecule has 0 saturated carbocycles. The van der Waals surface area contributed by atoms with Crippen molar-refractivity contribution in [2.24, 2.45) is 0 Å². The van der Waals surface area contributed by atoms with Crippen LogP contribution < -0.4 is 4.74 Å². The van der Waals surface area contributed by atoms with Gasteiger partial charge in [0.1, 0.15) is 5.75 Å². The number of hydrogen-bond acceptors (Lipinski definition) is 4. The van der Waals surface area contributed by atoms with Crippen LogP contribution in [0.4, 0.5) is 0 Å². The van der Waals surface area contributed by atoms with Gasteiger partial charge in [-0.15, -0.1) is 0 Å². The molecule has 0 fully saturated rings. The second kappa shape index (κ2) is 5.43. The van der Waals surface area contributed by atoms with E-state index in [-0.39, 0.29) is 0 Å². The first-order chi connectivity index (χ1) is 7.71. The quantitative estimate of drug-likeness (QED) is 0.519. The Morgan fingerprint density at radius 2 is 2.12 bits per heavy atom. The highest BCUT2D eigenvalue weighted by atomic mass is 16.5. The van der Waals surface area contributed by atoms with Crippen molar-refractivity contribution in [3.63, 3.8) is 0 Å². The molecule has 4 nitrogen and oxygen atoms in total. The van der Waals surface area contributed by atoms with E-state index in [1.807, 2.05) is 6.07 Å². The number of nitriles is 1. The van der Waals surface area contributed by atoms with Crippen molar-refractivity contribution in [1.82, 2.24) is 0 Å². The molecule has 0 aliphatic heterocycles. The summed E-state index contributed by atoms with van der Waals surface area (Å²) >= 11 is 0. The van der Waals surface area contributed by atoms with Crippen LogP contribution in [-0.4, -0.2) is 20.2 Å². The molecule has 16 heavy (non-hydrogen) atoms. The van der Waals surface area contributed by atoms with Crippen molar-refractivity contribution in [3.8, 4) is 23.7 Å². The SMILES string of the molecule is COC(=O)C#Cc1cc(C#N)ccc1OC. The van der Waals surface area contributed by atoms with E-state index in [0.29, 0.717) is 16.9 Å². The third-order valence-electron chi connectivity index (χ3n) is 1.81. The number of benzene rings is 1. The molecule has 0 saturated heterocycles. The molecule has 0 radical (unpaired) electrons. The second-order valence-electron chi connectivity index (χ2n) is 2.77. The van der Waals surface area contributed by atoms with Gasteiger partial charge in [0.05, 0.1) is 31.4 Å². The van der Waals surface area contributed by atoms with Crippen molar-refractivity contribution >= 4 is 5.97 Å². The zero-order valence-corrected chi connectivity index (χ0v) is 8.90. The maximum absolute atomic E-state index is 10.8. The number of nitrogens with zero attached hydrogens (tertiary/aromatic N) is 1. The van der Waals surface area contributed by atoms with Gasteiger partial charge < -0.3 is 9.47 Å². The van der Waals surface area contributed by atoms with Crippen LogP contribution in [0.2, 0.25) is 0 Å². The molecule has 0 aliphatic rings. The number of ether oxygens (including phenoxy) is 2. The van der Waals surface area contributed by atoms with E-state index in [2.05, 4.69) is 16.6 Å². The normalized spacial score (nSPS) is 8.31. The zero-order chi connectivity index (χ0) is 12.0. The smallest absolute Gasteiger partial charge is 0.384 e. The van der Waals surface area contributed by atoms with Gasteiger partial charge in [-0.1, -0.05) is 5.92 Å². The van der Waals surface area contributed by atoms with Crippen LogP contribution in [0, 0.1) is 23.2 Å². The minimum absolute atomic E-state index is 0.454. The summed E-state index contributed by atoms with van der Waals surface area (Å²) in [7, 11) is 2.74. The van der Waals surface area contributed by atoms with Crippen LogP contribution in [0.3, 0.4) is 0 Å². The molecule has 0 aromatic heterocycles. The van der Waals surface area contributed by atoms with Crippen LogP contribution in [0.1, 0.15) is 11.1 Å². The summed E-state index contributed by atoms with van der Waals surface area (Å²) in [4.78, 5) is 10.8. The molecule has 80 valence electrons. The second-order valence-corrected chi connectivity index (χ2v) is 2.77. The van der Waals surface area contributed by atoms with Crippen molar-refractivity contribution in [3.05, 3.63) is 29.3 Å². The maximum Gasteiger partial charge on any atom is 0.384 e. The molecule has 4 heteroatoms. The van der Waals surface area contributed by atoms with Crippen LogP contribution in [-0.2, 0) is 9.53 Å². The number of esters is 1. The summed E-state index contributed by atoms with van der Waals surface area (Å²) in [6.07, 6.45) is 0. The fourth-order valence-electron chi connectivity index (χ4n) is 1.04. The number of rotatable bonds is 1. The van der Waals surface area contributed by atoms with Crippen molar-refractivity contribution < 1.29 is 14.3 Å². The van der Waals surface area contributed by atoms with E-state index in [1.54, 1.807) is 18.2 Å². The van der Waals surface area contributed by atoms with Crippen LogP contribution in [0.25, 0.3) is 0 Å². The Bertz CT molecular complexity index is 503. The lowest BCUT2D eigenvalue weighted by molar-refractivity contribution is -0.133. The molecular formula is C12H9NO3. The highest BCUT2D eigenvalue weighted by Crippen LogP contribution is 2.18. The molecule has 1 aromatic carbocycles. The number of hydrogen-bond donors (Lipinski definition) is 0. The Balaban J connectivity index is 3.14. The number of carbonyl (C=O) groups is 1. The average molecular weight is 215 g/mol. The van der Waals surface area contributed by atoms with Gasteiger partial charge in [0, 0.05) is 5.92 Å². The Hall–Kier alpha value is -2.46. The van der Waals surface area contributed by atoms with Crippen LogP contribution >= 0.6 is 0 Å². The van der Waals surface area contributed by atoms with Gasteiger partial charge in [-0.3, -0.25) is 0 Å². The van der Waals surface area contributed by atoms with Crippen LogP contribution in [0.15, 0.2) is 18.2 Å². The third-order valence-corrected chi connectivity index (χ3v) is 1.81. The highest BCUT2D eigenvalue weighted by Gasteiger charge is 2.02. The highest BCUT2D eigenvalue weighted by molar-refractivity contribution is 5.89. The van der Waals surface area contributed by atoms with E-state index < -0.39 is 5.97 Å². The molecule has 1 rings (SSSR count). The standard InChI is InChI=1S/C12H9NO3/c1-15-11-5-3-9(8-13)7-10(11)4-6-12(14)16-2/h3,5,7H,1-2H3. The minimum Gasteiger partial charge on any atom is -0.495 e. The van der Waals surface area contributed by atoms with Gasteiger partial charge >= 0.3 is 5.97 Å². The number of methoxy groups -OCH3 is 2. The average Bonchev–Trinajstić information content (AvgIpc) is 2.35. The lowest BCUT2D eigenvalue weighted by atomic mass is 10.1. The van der Waals surface area contributed by atoms with Crippen molar-refractivity contribution in [2.75, 3.05) is 14.2 Å². The first-order valence-corrected chi connectivity index (χ1v) is 4.39. The molecule has 0 atom stereocenters. The predicted molar refractivity (Wildman–Crippen MR) is 56.6 cm³/mol. The van der Waals surface area contributed by atoms with Crippen molar-refractivity contribution in [2.45, 2.75) is 0 Å². The summed E-state index contributed by atoms with van der Waals surface area (Å²) in [5.41, 5.74) is 0.932. The predicted octanol–water partition coefficient (Wildman–Crippen LogP) is 1.09. The van der Waals surface area contributed by atoms with Crippen molar-refractivity contribution in [1.29, 1.82) is 5.26 Å². The van der Waals surface area contributed by atoms with Gasteiger partial charge in [0.15, 0.2) is 0 Å². The minimum atomic E-state index is -0.635. The lowest BCUT2D eigenvalue weighted by Crippen LogP contribution is -1.95. The largest absolute Gasteiger partial charge is 0.495 e. The molecule has 0 N–H and O–H groups in total. The fraction of sp³-hybridized carbons (Fsp3) is 0.167. The third kappa shape index (κ3) is 2.76. The van der Waals surface area contributed by atoms with Crippen LogP contribution in [0.5, 0.6) is 5.75 Å². The monoisotopic (exact) mass is 215 g/mol. The Morgan fingerprint density at radius 3 is 2.69 bits per heavy atom. The molecular weight excluding hydrogens is 206 g/mol. The van der Waals surface area contributed by atoms with E-state index in [4.69, 9.17) is 10.00 Å². The van der Waals surface area contributed by atoms with Gasteiger partial charge in [-0.2, -0.15) is 5.26 Å². The first kappa shape index (κ1) is 11.6. The molecule has 0 unspecified atom stereocenters. The van der Waals surface area contributed by atoms with E-state index >= 15 is 0 Å². The molecule has 0 amide bonds. The molecule has 0 bridgehead atoms. The number of carbonyl (C=O) groups excluding carboxylic acids is 1. The topological polar surface area (TPSA) is 59.3 Å². The van der Waals surface area contributed by atoms with E-state index in [9.17, 15) is 4.79 Å². The molecule has 0 aliphatic carbocycles. The fourth-order valence-corrected chi connectivity index (χ4v) is 1.04. The summed E-state index contributed by atoms with van der Waals surface area (Å²) in [6.45, 7) is 0. The summed E-state index contributed by atoms with van der Waals surface area (Å²) in [5.74, 6) is 4.74. The molecule has 1 aromatic rings. The Labute approximate surface area is 93.4 Å². The van der Waals surface area contributed by atoms with Gasteiger partial charge in [-0.25, -0.2) is 4.79 Å². The molecule has 0 spiro atoms.